The number of thiophene rings is 1. The predicted molar refractivity (Wildman–Crippen MR) is 127 cm³/mol. The van der Waals surface area contributed by atoms with Gasteiger partial charge in [-0.3, -0.25) is 15.0 Å². The summed E-state index contributed by atoms with van der Waals surface area (Å²) < 4.78 is 6.76. The van der Waals surface area contributed by atoms with Crippen LogP contribution in [-0.2, 0) is 0 Å². The van der Waals surface area contributed by atoms with Gasteiger partial charge in [-0.05, 0) is 36.8 Å². The van der Waals surface area contributed by atoms with Gasteiger partial charge < -0.3 is 4.42 Å². The van der Waals surface area contributed by atoms with E-state index in [1.807, 2.05) is 49.4 Å². The zero-order chi connectivity index (χ0) is 22.2. The molecule has 2 aromatic carbocycles. The summed E-state index contributed by atoms with van der Waals surface area (Å²) in [7, 11) is 0. The topological polar surface area (TPSA) is 77.1 Å². The lowest BCUT2D eigenvalue weighted by molar-refractivity contribution is 0.0981. The minimum absolute atomic E-state index is 0.0525. The molecule has 0 aliphatic carbocycles. The van der Waals surface area contributed by atoms with Gasteiger partial charge in [0.25, 0.3) is 5.56 Å². The van der Waals surface area contributed by atoms with Crippen LogP contribution in [0.5, 0.6) is 0 Å². The molecule has 0 radical (unpaired) electrons. The van der Waals surface area contributed by atoms with Crippen LogP contribution >= 0.6 is 22.9 Å². The number of hydrogen-bond acceptors (Lipinski definition) is 5. The molecule has 1 amide bonds. The molecule has 0 aliphatic heterocycles. The summed E-state index contributed by atoms with van der Waals surface area (Å²) in [5, 5.41) is 0.985. The summed E-state index contributed by atoms with van der Waals surface area (Å²) in [4.78, 5) is 32.0. The third-order valence-electron chi connectivity index (χ3n) is 5.04. The summed E-state index contributed by atoms with van der Waals surface area (Å²) in [5.74, 6) is -0.0574. The molecule has 0 unspecified atom stereocenters. The number of furan rings is 1. The standard InChI is InChI=1S/C24H16ClN3O3S/c1-14-20(15-7-3-2-4-8-15)21-23(32-14)26-13-28(24(21)30)27-22(29)19-12-11-18(31-19)16-9-5-6-10-17(16)25/h2-13H,1H3,(H,27,29). The second-order valence-electron chi connectivity index (χ2n) is 7.08. The highest BCUT2D eigenvalue weighted by molar-refractivity contribution is 7.19. The van der Waals surface area contributed by atoms with E-state index in [4.69, 9.17) is 16.0 Å². The van der Waals surface area contributed by atoms with Crippen molar-refractivity contribution in [2.45, 2.75) is 6.92 Å². The van der Waals surface area contributed by atoms with Gasteiger partial charge in [0.1, 0.15) is 16.9 Å². The first-order valence-electron chi connectivity index (χ1n) is 9.75. The molecule has 0 atom stereocenters. The average molecular weight is 462 g/mol. The Hall–Kier alpha value is -3.68. The Kier molecular flexibility index (Phi) is 5.13. The molecule has 0 saturated carbocycles. The fourth-order valence-electron chi connectivity index (χ4n) is 3.56. The van der Waals surface area contributed by atoms with Crippen molar-refractivity contribution in [2.75, 3.05) is 5.43 Å². The SMILES string of the molecule is Cc1sc2ncn(NC(=O)c3ccc(-c4ccccc4Cl)o3)c(=O)c2c1-c1ccccc1. The Balaban J connectivity index is 1.50. The van der Waals surface area contributed by atoms with Crippen LogP contribution in [-0.4, -0.2) is 15.6 Å². The number of hydrogen-bond donors (Lipinski definition) is 1. The molecule has 8 heteroatoms. The maximum absolute atomic E-state index is 13.2. The Morgan fingerprint density at radius 3 is 2.59 bits per heavy atom. The van der Waals surface area contributed by atoms with Crippen molar-refractivity contribution in [1.82, 2.24) is 9.66 Å². The van der Waals surface area contributed by atoms with Crippen LogP contribution in [0.1, 0.15) is 15.4 Å². The number of nitrogens with one attached hydrogen (secondary N) is 1. The molecule has 6 nitrogen and oxygen atoms in total. The van der Waals surface area contributed by atoms with Gasteiger partial charge in [0.15, 0.2) is 5.76 Å². The first-order valence-corrected chi connectivity index (χ1v) is 10.9. The third-order valence-corrected chi connectivity index (χ3v) is 6.39. The van der Waals surface area contributed by atoms with Gasteiger partial charge in [-0.2, -0.15) is 0 Å². The molecule has 5 rings (SSSR count). The highest BCUT2D eigenvalue weighted by atomic mass is 35.5. The number of fused-ring (bicyclic) bond motifs is 1. The minimum atomic E-state index is -0.570. The van der Waals surface area contributed by atoms with Crippen molar-refractivity contribution in [3.05, 3.63) is 99.1 Å². The first-order chi connectivity index (χ1) is 15.5. The van der Waals surface area contributed by atoms with Crippen LogP contribution in [0.4, 0.5) is 0 Å². The highest BCUT2D eigenvalue weighted by Gasteiger charge is 2.19. The number of carbonyl (C=O) groups is 1. The van der Waals surface area contributed by atoms with Crippen LogP contribution in [0.25, 0.3) is 32.7 Å². The largest absolute Gasteiger partial charge is 0.451 e. The number of amides is 1. The number of aryl methyl sites for hydroxylation is 1. The van der Waals surface area contributed by atoms with E-state index in [1.54, 1.807) is 18.2 Å². The zero-order valence-electron chi connectivity index (χ0n) is 16.8. The van der Waals surface area contributed by atoms with E-state index in [9.17, 15) is 9.59 Å². The number of aromatic nitrogens is 2. The maximum Gasteiger partial charge on any atom is 0.305 e. The van der Waals surface area contributed by atoms with E-state index >= 15 is 0 Å². The maximum atomic E-state index is 13.2. The highest BCUT2D eigenvalue weighted by Crippen LogP contribution is 2.35. The van der Waals surface area contributed by atoms with Gasteiger partial charge in [-0.15, -0.1) is 11.3 Å². The van der Waals surface area contributed by atoms with Crippen molar-refractivity contribution in [3.63, 3.8) is 0 Å². The van der Waals surface area contributed by atoms with E-state index in [2.05, 4.69) is 10.4 Å². The predicted octanol–water partition coefficient (Wildman–Crippen LogP) is 5.73. The van der Waals surface area contributed by atoms with Crippen molar-refractivity contribution in [2.24, 2.45) is 0 Å². The molecule has 158 valence electrons. The van der Waals surface area contributed by atoms with E-state index in [1.165, 1.54) is 23.7 Å². The molecule has 0 spiro atoms. The second-order valence-corrected chi connectivity index (χ2v) is 8.69. The fraction of sp³-hybridized carbons (Fsp3) is 0.0417. The molecular weight excluding hydrogens is 446 g/mol. The van der Waals surface area contributed by atoms with Crippen LogP contribution in [0.2, 0.25) is 5.02 Å². The molecule has 5 aromatic rings. The summed E-state index contributed by atoms with van der Waals surface area (Å²) >= 11 is 7.65. The molecule has 0 aliphatic rings. The lowest BCUT2D eigenvalue weighted by atomic mass is 10.0. The van der Waals surface area contributed by atoms with Gasteiger partial charge in [0.05, 0.1) is 10.4 Å². The normalized spacial score (nSPS) is 11.1. The number of nitrogens with zero attached hydrogens (tertiary/aromatic N) is 2. The van der Waals surface area contributed by atoms with Gasteiger partial charge in [-0.25, -0.2) is 9.66 Å². The number of benzene rings is 2. The summed E-state index contributed by atoms with van der Waals surface area (Å²) in [6.45, 7) is 1.95. The molecule has 0 fully saturated rings. The summed E-state index contributed by atoms with van der Waals surface area (Å²) in [6.07, 6.45) is 1.31. The smallest absolute Gasteiger partial charge is 0.305 e. The Bertz CT molecular complexity index is 1520. The van der Waals surface area contributed by atoms with E-state index in [0.29, 0.717) is 26.6 Å². The third kappa shape index (κ3) is 3.51. The van der Waals surface area contributed by atoms with E-state index in [-0.39, 0.29) is 11.3 Å². The molecule has 32 heavy (non-hydrogen) atoms. The molecule has 0 bridgehead atoms. The quantitative estimate of drug-likeness (QED) is 0.370. The Labute approximate surface area is 191 Å². The van der Waals surface area contributed by atoms with Crippen molar-refractivity contribution >= 4 is 39.1 Å². The number of halogens is 1. The van der Waals surface area contributed by atoms with Crippen molar-refractivity contribution in [3.8, 4) is 22.5 Å². The van der Waals surface area contributed by atoms with Gasteiger partial charge in [0.2, 0.25) is 0 Å². The number of rotatable bonds is 4. The van der Waals surface area contributed by atoms with Crippen LogP contribution in [0.15, 0.2) is 82.3 Å². The lowest BCUT2D eigenvalue weighted by Crippen LogP contribution is -2.33. The molecule has 3 aromatic heterocycles. The minimum Gasteiger partial charge on any atom is -0.451 e. The second kappa shape index (κ2) is 8.11. The lowest BCUT2D eigenvalue weighted by Gasteiger charge is -2.07. The number of carbonyl (C=O) groups excluding carboxylic acids is 1. The van der Waals surface area contributed by atoms with Crippen molar-refractivity contribution in [1.29, 1.82) is 0 Å². The fourth-order valence-corrected chi connectivity index (χ4v) is 4.80. The molecular formula is C24H16ClN3O3S. The average Bonchev–Trinajstić information content (AvgIpc) is 3.41. The van der Waals surface area contributed by atoms with E-state index < -0.39 is 5.91 Å². The van der Waals surface area contributed by atoms with E-state index in [0.717, 1.165) is 20.7 Å². The first kappa shape index (κ1) is 20.2. The Morgan fingerprint density at radius 1 is 1.06 bits per heavy atom. The van der Waals surface area contributed by atoms with Gasteiger partial charge in [0, 0.05) is 16.0 Å². The summed E-state index contributed by atoms with van der Waals surface area (Å²) in [6, 6.07) is 20.0. The zero-order valence-corrected chi connectivity index (χ0v) is 18.4. The monoisotopic (exact) mass is 461 g/mol. The summed E-state index contributed by atoms with van der Waals surface area (Å²) in [5.41, 5.74) is 4.64. The van der Waals surface area contributed by atoms with Crippen molar-refractivity contribution < 1.29 is 9.21 Å². The Morgan fingerprint density at radius 2 is 1.81 bits per heavy atom. The molecule has 3 heterocycles. The van der Waals surface area contributed by atoms with Crippen LogP contribution < -0.4 is 11.0 Å². The molecule has 1 N–H and O–H groups in total. The van der Waals surface area contributed by atoms with Crippen LogP contribution in [0.3, 0.4) is 0 Å². The van der Waals surface area contributed by atoms with Crippen LogP contribution in [0, 0.1) is 6.92 Å². The van der Waals surface area contributed by atoms with Gasteiger partial charge in [-0.1, -0.05) is 54.1 Å². The van der Waals surface area contributed by atoms with Gasteiger partial charge >= 0.3 is 5.91 Å². The molecule has 0 saturated heterocycles.